The first-order valence-electron chi connectivity index (χ1n) is 7.14. The Morgan fingerprint density at radius 3 is 3.20 bits per heavy atom. The van der Waals surface area contributed by atoms with Crippen molar-refractivity contribution in [3.05, 3.63) is 30.1 Å². The molecule has 0 aliphatic carbocycles. The highest BCUT2D eigenvalue weighted by atomic mass is 16.2. The van der Waals surface area contributed by atoms with E-state index in [0.717, 1.165) is 37.0 Å². The van der Waals surface area contributed by atoms with E-state index in [1.807, 2.05) is 18.2 Å². The molecular formula is C15H20N4O. The second-order valence-electron chi connectivity index (χ2n) is 5.52. The third-order valence-corrected chi connectivity index (χ3v) is 4.25. The molecular weight excluding hydrogens is 252 g/mol. The highest BCUT2D eigenvalue weighted by Gasteiger charge is 2.37. The van der Waals surface area contributed by atoms with Gasteiger partial charge in [-0.25, -0.2) is 4.98 Å². The Bertz CT molecular complexity index is 636. The third-order valence-electron chi connectivity index (χ3n) is 4.25. The minimum atomic E-state index is -0.246. The van der Waals surface area contributed by atoms with Crippen LogP contribution in [0.25, 0.3) is 11.0 Å². The van der Waals surface area contributed by atoms with Crippen LogP contribution in [0.3, 0.4) is 0 Å². The van der Waals surface area contributed by atoms with E-state index in [9.17, 15) is 4.79 Å². The van der Waals surface area contributed by atoms with E-state index >= 15 is 0 Å². The number of hydrogen-bond acceptors (Lipinski definition) is 3. The number of H-pyrrole nitrogens is 1. The molecule has 20 heavy (non-hydrogen) atoms. The number of nitrogens with zero attached hydrogens (tertiary/aromatic N) is 2. The first-order chi connectivity index (χ1) is 9.64. The summed E-state index contributed by atoms with van der Waals surface area (Å²) in [5.41, 5.74) is 2.01. The molecule has 1 saturated heterocycles. The first-order valence-corrected chi connectivity index (χ1v) is 7.14. The monoisotopic (exact) mass is 272 g/mol. The Balaban J connectivity index is 1.88. The number of fused-ring (bicyclic) bond motifs is 1. The lowest BCUT2D eigenvalue weighted by molar-refractivity contribution is 0.0747. The van der Waals surface area contributed by atoms with Gasteiger partial charge in [0.25, 0.3) is 5.91 Å². The number of nitrogens with one attached hydrogen (secondary N) is 2. The number of benzene rings is 1. The van der Waals surface area contributed by atoms with Gasteiger partial charge in [0.1, 0.15) is 5.52 Å². The quantitative estimate of drug-likeness (QED) is 0.899. The van der Waals surface area contributed by atoms with Crippen molar-refractivity contribution in [3.8, 4) is 0 Å². The number of likely N-dealkylation sites (tertiary alicyclic amines) is 1. The van der Waals surface area contributed by atoms with E-state index in [4.69, 9.17) is 0 Å². The van der Waals surface area contributed by atoms with Crippen LogP contribution in [0.1, 0.15) is 37.0 Å². The lowest BCUT2D eigenvalue weighted by Crippen LogP contribution is -2.55. The molecule has 1 aromatic carbocycles. The van der Waals surface area contributed by atoms with Gasteiger partial charge in [-0.1, -0.05) is 13.0 Å². The van der Waals surface area contributed by atoms with Crippen LogP contribution in [0.5, 0.6) is 0 Å². The van der Waals surface area contributed by atoms with Crippen LogP contribution in [-0.2, 0) is 0 Å². The molecule has 106 valence electrons. The number of carbonyl (C=O) groups is 1. The molecule has 5 nitrogen and oxygen atoms in total. The molecule has 1 atom stereocenters. The molecule has 1 aromatic heterocycles. The molecule has 5 heteroatoms. The zero-order valence-electron chi connectivity index (χ0n) is 11.9. The lowest BCUT2D eigenvalue weighted by Gasteiger charge is -2.35. The Labute approximate surface area is 118 Å². The van der Waals surface area contributed by atoms with Crippen LogP contribution >= 0.6 is 0 Å². The van der Waals surface area contributed by atoms with Gasteiger partial charge in [-0.15, -0.1) is 0 Å². The predicted molar refractivity (Wildman–Crippen MR) is 78.4 cm³/mol. The molecule has 0 unspecified atom stereocenters. The SMILES string of the molecule is CCN1CCC[C@]1(C)NC(=O)c1cccc2[nH]cnc12. The van der Waals surface area contributed by atoms with Gasteiger partial charge in [0.2, 0.25) is 0 Å². The number of aromatic amines is 1. The van der Waals surface area contributed by atoms with Gasteiger partial charge >= 0.3 is 0 Å². The Hall–Kier alpha value is -1.88. The van der Waals surface area contributed by atoms with E-state index in [0.29, 0.717) is 5.56 Å². The highest BCUT2D eigenvalue weighted by Crippen LogP contribution is 2.26. The summed E-state index contributed by atoms with van der Waals surface area (Å²) in [6, 6.07) is 5.63. The van der Waals surface area contributed by atoms with Crippen LogP contribution in [0.4, 0.5) is 0 Å². The zero-order valence-corrected chi connectivity index (χ0v) is 11.9. The second-order valence-corrected chi connectivity index (χ2v) is 5.52. The number of carbonyl (C=O) groups excluding carboxylic acids is 1. The maximum Gasteiger partial charge on any atom is 0.254 e. The maximum atomic E-state index is 12.6. The second kappa shape index (κ2) is 4.90. The largest absolute Gasteiger partial charge is 0.345 e. The third kappa shape index (κ3) is 2.08. The van der Waals surface area contributed by atoms with Gasteiger partial charge in [0, 0.05) is 6.54 Å². The number of rotatable bonds is 3. The van der Waals surface area contributed by atoms with Crippen molar-refractivity contribution in [1.82, 2.24) is 20.2 Å². The van der Waals surface area contributed by atoms with Gasteiger partial charge < -0.3 is 10.3 Å². The van der Waals surface area contributed by atoms with E-state index in [1.165, 1.54) is 0 Å². The van der Waals surface area contributed by atoms with Crippen LogP contribution in [0, 0.1) is 0 Å². The Morgan fingerprint density at radius 1 is 1.55 bits per heavy atom. The summed E-state index contributed by atoms with van der Waals surface area (Å²) in [6.07, 6.45) is 3.73. The van der Waals surface area contributed by atoms with Gasteiger partial charge in [-0.05, 0) is 38.4 Å². The predicted octanol–water partition coefficient (Wildman–Crippen LogP) is 2.12. The summed E-state index contributed by atoms with van der Waals surface area (Å²) in [4.78, 5) is 22.2. The van der Waals surface area contributed by atoms with E-state index < -0.39 is 0 Å². The summed E-state index contributed by atoms with van der Waals surface area (Å²) >= 11 is 0. The number of amides is 1. The van der Waals surface area contributed by atoms with Crippen molar-refractivity contribution in [3.63, 3.8) is 0 Å². The van der Waals surface area contributed by atoms with E-state index in [1.54, 1.807) is 6.33 Å². The highest BCUT2D eigenvalue weighted by molar-refractivity contribution is 6.05. The molecule has 2 aromatic rings. The fourth-order valence-corrected chi connectivity index (χ4v) is 3.13. The van der Waals surface area contributed by atoms with Crippen LogP contribution < -0.4 is 5.32 Å². The fourth-order valence-electron chi connectivity index (χ4n) is 3.13. The van der Waals surface area contributed by atoms with Gasteiger partial charge in [0.15, 0.2) is 0 Å². The first kappa shape index (κ1) is 13.1. The van der Waals surface area contributed by atoms with Crippen molar-refractivity contribution < 1.29 is 4.79 Å². The summed E-state index contributed by atoms with van der Waals surface area (Å²) in [6.45, 7) is 6.22. The van der Waals surface area contributed by atoms with Crippen molar-refractivity contribution >= 4 is 16.9 Å². The molecule has 1 aliphatic heterocycles. The molecule has 2 heterocycles. The van der Waals surface area contributed by atoms with Crippen LogP contribution in [-0.4, -0.2) is 39.5 Å². The fraction of sp³-hybridized carbons (Fsp3) is 0.467. The number of hydrogen-bond donors (Lipinski definition) is 2. The van der Waals surface area contributed by atoms with E-state index in [2.05, 4.69) is 34.0 Å². The summed E-state index contributed by atoms with van der Waals surface area (Å²) < 4.78 is 0. The average Bonchev–Trinajstić information content (AvgIpc) is 3.04. The molecule has 1 aliphatic rings. The normalized spacial score (nSPS) is 23.3. The van der Waals surface area contributed by atoms with Gasteiger partial charge in [-0.3, -0.25) is 9.69 Å². The lowest BCUT2D eigenvalue weighted by atomic mass is 10.1. The molecule has 1 fully saturated rings. The Kier molecular flexibility index (Phi) is 3.22. The van der Waals surface area contributed by atoms with Crippen molar-refractivity contribution in [2.24, 2.45) is 0 Å². The van der Waals surface area contributed by atoms with Crippen molar-refractivity contribution in [1.29, 1.82) is 0 Å². The minimum absolute atomic E-state index is 0.0504. The van der Waals surface area contributed by atoms with Crippen LogP contribution in [0.2, 0.25) is 0 Å². The minimum Gasteiger partial charge on any atom is -0.345 e. The number of aromatic nitrogens is 2. The molecule has 0 radical (unpaired) electrons. The van der Waals surface area contributed by atoms with Gasteiger partial charge in [-0.2, -0.15) is 0 Å². The van der Waals surface area contributed by atoms with Crippen molar-refractivity contribution in [2.75, 3.05) is 13.1 Å². The van der Waals surface area contributed by atoms with E-state index in [-0.39, 0.29) is 11.6 Å². The molecule has 0 spiro atoms. The standard InChI is InChI=1S/C15H20N4O/c1-3-19-9-5-8-15(19,2)18-14(20)11-6-4-7-12-13(11)17-10-16-12/h4,6-7,10H,3,5,8-9H2,1-2H3,(H,16,17)(H,18,20)/t15-/m1/s1. The molecule has 2 N–H and O–H groups in total. The smallest absolute Gasteiger partial charge is 0.254 e. The van der Waals surface area contributed by atoms with Gasteiger partial charge in [0.05, 0.1) is 23.1 Å². The maximum absolute atomic E-state index is 12.6. The number of para-hydroxylation sites is 1. The molecule has 0 bridgehead atoms. The summed E-state index contributed by atoms with van der Waals surface area (Å²) in [7, 11) is 0. The summed E-state index contributed by atoms with van der Waals surface area (Å²) in [5, 5.41) is 3.19. The zero-order chi connectivity index (χ0) is 14.2. The summed E-state index contributed by atoms with van der Waals surface area (Å²) in [5.74, 6) is -0.0504. The molecule has 1 amide bonds. The Morgan fingerprint density at radius 2 is 2.40 bits per heavy atom. The van der Waals surface area contributed by atoms with Crippen LogP contribution in [0.15, 0.2) is 24.5 Å². The average molecular weight is 272 g/mol. The molecule has 3 rings (SSSR count). The topological polar surface area (TPSA) is 61.0 Å². The van der Waals surface area contributed by atoms with Crippen molar-refractivity contribution in [2.45, 2.75) is 32.4 Å². The number of imidazole rings is 1. The molecule has 0 saturated carbocycles.